The topological polar surface area (TPSA) is 84.0 Å². The zero-order valence-electron chi connectivity index (χ0n) is 16.3. The molecule has 1 heterocycles. The number of thiazole rings is 1. The van der Waals surface area contributed by atoms with Gasteiger partial charge in [-0.25, -0.2) is 14.6 Å². The molecule has 2 rings (SSSR count). The van der Waals surface area contributed by atoms with Gasteiger partial charge in [0.2, 0.25) is 0 Å². The van der Waals surface area contributed by atoms with Crippen molar-refractivity contribution in [3.63, 3.8) is 0 Å². The van der Waals surface area contributed by atoms with Crippen molar-refractivity contribution < 1.29 is 28.5 Å². The van der Waals surface area contributed by atoms with E-state index >= 15 is 0 Å². The molecule has 0 aliphatic carbocycles. The minimum absolute atomic E-state index is 0.116. The molecule has 0 aliphatic heterocycles. The van der Waals surface area contributed by atoms with E-state index in [2.05, 4.69) is 4.98 Å². The lowest BCUT2D eigenvalue weighted by Gasteiger charge is -2.10. The maximum atomic E-state index is 12.1. The number of carbonyl (C=O) groups excluding carboxylic acids is 2. The highest BCUT2D eigenvalue weighted by Crippen LogP contribution is 2.40. The number of carbonyl (C=O) groups is 2. The van der Waals surface area contributed by atoms with Crippen LogP contribution in [0.5, 0.6) is 11.5 Å². The number of methoxy groups -OCH3 is 3. The summed E-state index contributed by atoms with van der Waals surface area (Å²) < 4.78 is 20.7. The molecule has 8 heteroatoms. The van der Waals surface area contributed by atoms with Gasteiger partial charge in [0.1, 0.15) is 5.01 Å². The van der Waals surface area contributed by atoms with Crippen LogP contribution in [-0.4, -0.2) is 44.9 Å². The van der Waals surface area contributed by atoms with Crippen LogP contribution in [-0.2, 0) is 14.3 Å². The fraction of sp³-hybridized carbons (Fsp3) is 0.350. The fourth-order valence-electron chi connectivity index (χ4n) is 2.37. The predicted octanol–water partition coefficient (Wildman–Crippen LogP) is 3.97. The number of aromatic nitrogens is 1. The molecule has 0 bridgehead atoms. The van der Waals surface area contributed by atoms with E-state index < -0.39 is 11.9 Å². The SMILES string of the molecule is CCCCOC(=O)/C=C/c1sc(-c2cccc(OC)c2OC)nc1C(=O)OC. The van der Waals surface area contributed by atoms with Crippen LogP contribution in [0.25, 0.3) is 16.6 Å². The Kier molecular flexibility index (Phi) is 8.01. The first-order valence-corrected chi connectivity index (χ1v) is 9.52. The van der Waals surface area contributed by atoms with E-state index in [0.717, 1.165) is 12.8 Å². The first-order valence-electron chi connectivity index (χ1n) is 8.71. The van der Waals surface area contributed by atoms with Gasteiger partial charge in [-0.05, 0) is 24.6 Å². The van der Waals surface area contributed by atoms with Crippen LogP contribution >= 0.6 is 11.3 Å². The standard InChI is InChI=1S/C20H23NO6S/c1-5-6-12-27-16(22)11-10-15-17(20(23)26-4)21-19(28-15)13-8-7-9-14(24-2)18(13)25-3/h7-11H,5-6,12H2,1-4H3/b11-10+. The Hall–Kier alpha value is -2.87. The van der Waals surface area contributed by atoms with Crippen molar-refractivity contribution in [2.75, 3.05) is 27.9 Å². The molecular formula is C20H23NO6S. The highest BCUT2D eigenvalue weighted by atomic mass is 32.1. The van der Waals surface area contributed by atoms with Gasteiger partial charge >= 0.3 is 11.9 Å². The summed E-state index contributed by atoms with van der Waals surface area (Å²) in [5.74, 6) is -0.0161. The molecule has 0 unspecified atom stereocenters. The quantitative estimate of drug-likeness (QED) is 0.354. The summed E-state index contributed by atoms with van der Waals surface area (Å²) in [6.45, 7) is 2.37. The van der Waals surface area contributed by atoms with E-state index in [-0.39, 0.29) is 5.69 Å². The summed E-state index contributed by atoms with van der Waals surface area (Å²) in [6, 6.07) is 5.38. The third-order valence-electron chi connectivity index (χ3n) is 3.78. The number of hydrogen-bond donors (Lipinski definition) is 0. The molecule has 0 fully saturated rings. The van der Waals surface area contributed by atoms with Gasteiger partial charge in [-0.1, -0.05) is 19.4 Å². The molecule has 0 atom stereocenters. The van der Waals surface area contributed by atoms with Crippen LogP contribution in [0.3, 0.4) is 0 Å². The van der Waals surface area contributed by atoms with E-state index in [4.69, 9.17) is 18.9 Å². The molecule has 0 amide bonds. The molecule has 7 nitrogen and oxygen atoms in total. The number of esters is 2. The molecule has 0 aliphatic rings. The van der Waals surface area contributed by atoms with Crippen molar-refractivity contribution in [1.82, 2.24) is 4.98 Å². The average Bonchev–Trinajstić information content (AvgIpc) is 3.15. The number of unbranched alkanes of at least 4 members (excludes halogenated alkanes) is 1. The monoisotopic (exact) mass is 405 g/mol. The van der Waals surface area contributed by atoms with Crippen molar-refractivity contribution in [3.05, 3.63) is 34.8 Å². The minimum Gasteiger partial charge on any atom is -0.493 e. The van der Waals surface area contributed by atoms with Crippen LogP contribution in [0.2, 0.25) is 0 Å². The summed E-state index contributed by atoms with van der Waals surface area (Å²) >= 11 is 1.23. The third-order valence-corrected chi connectivity index (χ3v) is 4.83. The zero-order valence-corrected chi connectivity index (χ0v) is 17.1. The zero-order chi connectivity index (χ0) is 20.5. The van der Waals surface area contributed by atoms with Gasteiger partial charge in [-0.2, -0.15) is 0 Å². The molecule has 0 N–H and O–H groups in total. The maximum absolute atomic E-state index is 12.1. The Bertz CT molecular complexity index is 858. The summed E-state index contributed by atoms with van der Waals surface area (Å²) in [5, 5.41) is 0.537. The van der Waals surface area contributed by atoms with Gasteiger partial charge in [-0.15, -0.1) is 11.3 Å². The van der Waals surface area contributed by atoms with Crippen LogP contribution in [0, 0.1) is 0 Å². The number of nitrogens with zero attached hydrogens (tertiary/aromatic N) is 1. The smallest absolute Gasteiger partial charge is 0.358 e. The second kappa shape index (κ2) is 10.5. The summed E-state index contributed by atoms with van der Waals surface area (Å²) in [4.78, 5) is 28.8. The molecule has 150 valence electrons. The van der Waals surface area contributed by atoms with E-state index in [1.54, 1.807) is 19.2 Å². The Morgan fingerprint density at radius 3 is 2.61 bits per heavy atom. The largest absolute Gasteiger partial charge is 0.493 e. The Morgan fingerprint density at radius 1 is 1.18 bits per heavy atom. The number of rotatable bonds is 9. The van der Waals surface area contributed by atoms with Crippen molar-refractivity contribution in [2.24, 2.45) is 0 Å². The van der Waals surface area contributed by atoms with Gasteiger partial charge in [0, 0.05) is 6.08 Å². The molecule has 0 radical (unpaired) electrons. The first-order chi connectivity index (χ1) is 13.5. The number of benzene rings is 1. The van der Waals surface area contributed by atoms with Gasteiger partial charge in [-0.3, -0.25) is 0 Å². The molecule has 1 aromatic heterocycles. The van der Waals surface area contributed by atoms with Crippen LogP contribution in [0.15, 0.2) is 24.3 Å². The number of para-hydroxylation sites is 1. The van der Waals surface area contributed by atoms with Gasteiger partial charge in [0.15, 0.2) is 17.2 Å². The van der Waals surface area contributed by atoms with E-state index in [9.17, 15) is 9.59 Å². The van der Waals surface area contributed by atoms with Gasteiger partial charge < -0.3 is 18.9 Å². The average molecular weight is 405 g/mol. The van der Waals surface area contributed by atoms with Crippen LogP contribution in [0.1, 0.15) is 35.1 Å². The number of ether oxygens (including phenoxy) is 4. The Morgan fingerprint density at radius 2 is 1.96 bits per heavy atom. The molecule has 0 saturated carbocycles. The van der Waals surface area contributed by atoms with Crippen LogP contribution in [0.4, 0.5) is 0 Å². The molecule has 0 saturated heterocycles. The molecule has 2 aromatic rings. The van der Waals surface area contributed by atoms with Crippen molar-refractivity contribution >= 4 is 29.4 Å². The molecule has 1 aromatic carbocycles. The Balaban J connectivity index is 2.39. The highest BCUT2D eigenvalue weighted by Gasteiger charge is 2.21. The predicted molar refractivity (Wildman–Crippen MR) is 107 cm³/mol. The third kappa shape index (κ3) is 5.10. The molecule has 28 heavy (non-hydrogen) atoms. The minimum atomic E-state index is -0.594. The van der Waals surface area contributed by atoms with E-state index in [0.29, 0.717) is 33.6 Å². The molecule has 0 spiro atoms. The summed E-state index contributed by atoms with van der Waals surface area (Å²) in [7, 11) is 4.35. The lowest BCUT2D eigenvalue weighted by atomic mass is 10.2. The normalized spacial score (nSPS) is 10.7. The number of hydrogen-bond acceptors (Lipinski definition) is 8. The van der Waals surface area contributed by atoms with Crippen molar-refractivity contribution in [3.8, 4) is 22.1 Å². The van der Waals surface area contributed by atoms with E-state index in [1.165, 1.54) is 37.7 Å². The highest BCUT2D eigenvalue weighted by molar-refractivity contribution is 7.16. The fourth-order valence-corrected chi connectivity index (χ4v) is 3.35. The second-order valence-corrected chi connectivity index (χ2v) is 6.65. The van der Waals surface area contributed by atoms with Gasteiger partial charge in [0.25, 0.3) is 0 Å². The lowest BCUT2D eigenvalue weighted by Crippen LogP contribution is -2.04. The lowest BCUT2D eigenvalue weighted by molar-refractivity contribution is -0.137. The van der Waals surface area contributed by atoms with Crippen LogP contribution < -0.4 is 9.47 Å². The van der Waals surface area contributed by atoms with Gasteiger partial charge in [0.05, 0.1) is 38.4 Å². The molecular weight excluding hydrogens is 382 g/mol. The van der Waals surface area contributed by atoms with E-state index in [1.807, 2.05) is 13.0 Å². The Labute approximate surface area is 167 Å². The maximum Gasteiger partial charge on any atom is 0.358 e. The first kappa shape index (κ1) is 21.4. The summed E-state index contributed by atoms with van der Waals surface area (Å²) in [5.41, 5.74) is 0.784. The summed E-state index contributed by atoms with van der Waals surface area (Å²) in [6.07, 6.45) is 4.52. The van der Waals surface area contributed by atoms with Crippen molar-refractivity contribution in [2.45, 2.75) is 19.8 Å². The second-order valence-electron chi connectivity index (χ2n) is 5.62. The van der Waals surface area contributed by atoms with Crippen molar-refractivity contribution in [1.29, 1.82) is 0 Å².